The van der Waals surface area contributed by atoms with Gasteiger partial charge in [-0.25, -0.2) is 9.37 Å². The molecular formula is C46H53FN8O6. The first kappa shape index (κ1) is 40.7. The molecule has 61 heavy (non-hydrogen) atoms. The summed E-state index contributed by atoms with van der Waals surface area (Å²) in [4.78, 5) is 71.9. The summed E-state index contributed by atoms with van der Waals surface area (Å²) in [6, 6.07) is 11.2. The lowest BCUT2D eigenvalue weighted by Crippen LogP contribution is -2.63. The standard InChI is InChI=1S/C46H53FN8O6/c1-26-39-29(19-34(40(26)61-4)50-41(57)33-9-6-10-36(49-33)45(2,3)47)23-54(52-39)30-13-11-27(12-14-30)22-53-24-46(25-53)20-28(21-46)17-18-48-32-8-5-7-31-38(32)44(60)55(43(31)59)35-15-16-37(56)51-42(35)58/h5-10,19,23,27-28,30,35,48H,11-18,20-22,24-25H2,1-4H3,(H,50,57)(H,51,56,58)/t27-,30-,35?. The number of imide groups is 2. The number of pyridine rings is 1. The highest BCUT2D eigenvalue weighted by atomic mass is 19.1. The predicted molar refractivity (Wildman–Crippen MR) is 226 cm³/mol. The molecule has 5 heterocycles. The molecule has 0 bridgehead atoms. The van der Waals surface area contributed by atoms with E-state index < -0.39 is 41.2 Å². The topological polar surface area (TPSA) is 168 Å². The van der Waals surface area contributed by atoms with Gasteiger partial charge in [-0.3, -0.25) is 38.9 Å². The number of hydrogen-bond donors (Lipinski definition) is 3. The second-order valence-electron chi connectivity index (χ2n) is 18.5. The van der Waals surface area contributed by atoms with Crippen molar-refractivity contribution in [3.8, 4) is 5.75 Å². The number of amides is 5. The molecular weight excluding hydrogens is 780 g/mol. The Morgan fingerprint density at radius 1 is 0.984 bits per heavy atom. The molecule has 1 atom stereocenters. The number of aryl methyl sites for hydroxylation is 1. The van der Waals surface area contributed by atoms with E-state index in [0.717, 1.165) is 73.1 Å². The van der Waals surface area contributed by atoms with Crippen LogP contribution in [0.2, 0.25) is 0 Å². The van der Waals surface area contributed by atoms with Crippen LogP contribution in [0.15, 0.2) is 48.7 Å². The summed E-state index contributed by atoms with van der Waals surface area (Å²) in [7, 11) is 1.57. The van der Waals surface area contributed by atoms with Crippen LogP contribution in [-0.4, -0.2) is 93.4 Å². The fraction of sp³-hybridized carbons (Fsp3) is 0.500. The number of carbonyl (C=O) groups excluding carboxylic acids is 5. The Kier molecular flexibility index (Phi) is 10.4. The molecule has 14 nitrogen and oxygen atoms in total. The molecule has 5 amide bonds. The molecule has 2 aromatic heterocycles. The van der Waals surface area contributed by atoms with Crippen LogP contribution in [0, 0.1) is 24.2 Å². The van der Waals surface area contributed by atoms with Gasteiger partial charge in [0, 0.05) is 55.4 Å². The molecule has 4 fully saturated rings. The molecule has 2 saturated carbocycles. The lowest BCUT2D eigenvalue weighted by molar-refractivity contribution is -0.136. The van der Waals surface area contributed by atoms with E-state index in [0.29, 0.717) is 52.5 Å². The largest absolute Gasteiger partial charge is 0.494 e. The van der Waals surface area contributed by atoms with Gasteiger partial charge in [0.15, 0.2) is 0 Å². The molecule has 3 aliphatic heterocycles. The van der Waals surface area contributed by atoms with Crippen molar-refractivity contribution in [2.45, 2.75) is 96.3 Å². The molecule has 5 aliphatic rings. The van der Waals surface area contributed by atoms with Gasteiger partial charge >= 0.3 is 0 Å². The summed E-state index contributed by atoms with van der Waals surface area (Å²) in [5.41, 5.74) is 2.46. The number of ether oxygens (including phenoxy) is 1. The van der Waals surface area contributed by atoms with Crippen LogP contribution in [0.1, 0.15) is 120 Å². The maximum atomic E-state index is 14.6. The van der Waals surface area contributed by atoms with E-state index in [9.17, 15) is 28.4 Å². The molecule has 2 saturated heterocycles. The molecule has 3 N–H and O–H groups in total. The molecule has 1 spiro atoms. The minimum Gasteiger partial charge on any atom is -0.494 e. The zero-order valence-electron chi connectivity index (χ0n) is 35.2. The van der Waals surface area contributed by atoms with Crippen molar-refractivity contribution in [2.24, 2.45) is 17.3 Å². The number of nitrogens with one attached hydrogen (secondary N) is 3. The van der Waals surface area contributed by atoms with E-state index in [2.05, 4.69) is 36.7 Å². The smallest absolute Gasteiger partial charge is 0.274 e. The molecule has 15 heteroatoms. The van der Waals surface area contributed by atoms with Crippen molar-refractivity contribution in [3.63, 3.8) is 0 Å². The summed E-state index contributed by atoms with van der Waals surface area (Å²) < 4.78 is 22.4. The number of piperidine rings is 1. The van der Waals surface area contributed by atoms with E-state index in [1.807, 2.05) is 19.1 Å². The molecule has 320 valence electrons. The minimum absolute atomic E-state index is 0.0899. The summed E-state index contributed by atoms with van der Waals surface area (Å²) in [6.07, 6.45) is 10.1. The first-order chi connectivity index (χ1) is 29.2. The lowest BCUT2D eigenvalue weighted by atomic mass is 9.57. The van der Waals surface area contributed by atoms with Crippen molar-refractivity contribution >= 4 is 51.8 Å². The number of aromatic nitrogens is 3. The SMILES string of the molecule is COc1c(NC(=O)c2cccc(C(C)(C)F)n2)cc2cn([C@H]3CC[C@H](CN4CC5(CC(CCNc6cccc7c6C(=O)N(C6CCC(=O)NC6=O)C7=O)C5)C4)CC3)nc2c1C. The van der Waals surface area contributed by atoms with E-state index in [1.165, 1.54) is 26.7 Å². The average molecular weight is 833 g/mol. The van der Waals surface area contributed by atoms with Gasteiger partial charge in [-0.1, -0.05) is 12.1 Å². The predicted octanol–water partition coefficient (Wildman–Crippen LogP) is 6.55. The fourth-order valence-electron chi connectivity index (χ4n) is 10.6. The maximum absolute atomic E-state index is 14.6. The van der Waals surface area contributed by atoms with Crippen molar-refractivity contribution in [2.75, 3.05) is 43.9 Å². The first-order valence-electron chi connectivity index (χ1n) is 21.6. The Balaban J connectivity index is 0.729. The van der Waals surface area contributed by atoms with Crippen LogP contribution in [0.3, 0.4) is 0 Å². The number of halogens is 1. The Morgan fingerprint density at radius 2 is 1.74 bits per heavy atom. The minimum atomic E-state index is -1.67. The number of alkyl halides is 1. The second kappa shape index (κ2) is 15.6. The van der Waals surface area contributed by atoms with Crippen molar-refractivity contribution in [3.05, 3.63) is 76.7 Å². The Bertz CT molecular complexity index is 2440. The van der Waals surface area contributed by atoms with Crippen LogP contribution in [0.4, 0.5) is 15.8 Å². The maximum Gasteiger partial charge on any atom is 0.274 e. The van der Waals surface area contributed by atoms with Gasteiger partial charge in [-0.05, 0) is 120 Å². The molecule has 2 aromatic carbocycles. The number of hydrogen-bond acceptors (Lipinski definition) is 10. The quantitative estimate of drug-likeness (QED) is 0.133. The molecule has 9 rings (SSSR count). The van der Waals surface area contributed by atoms with Crippen molar-refractivity contribution in [1.82, 2.24) is 29.9 Å². The Morgan fingerprint density at radius 3 is 2.46 bits per heavy atom. The number of nitrogens with zero attached hydrogens (tertiary/aromatic N) is 5. The zero-order valence-corrected chi connectivity index (χ0v) is 35.2. The highest BCUT2D eigenvalue weighted by Gasteiger charge is 2.52. The number of benzene rings is 2. The molecule has 4 aromatic rings. The number of rotatable bonds is 12. The van der Waals surface area contributed by atoms with Crippen LogP contribution < -0.4 is 20.7 Å². The van der Waals surface area contributed by atoms with Gasteiger partial charge in [0.05, 0.1) is 41.2 Å². The van der Waals surface area contributed by atoms with Crippen molar-refractivity contribution < 1.29 is 33.1 Å². The van der Waals surface area contributed by atoms with Gasteiger partial charge < -0.3 is 20.3 Å². The Labute approximate surface area is 353 Å². The van der Waals surface area contributed by atoms with Crippen molar-refractivity contribution in [1.29, 1.82) is 0 Å². The number of methoxy groups -OCH3 is 1. The summed E-state index contributed by atoms with van der Waals surface area (Å²) in [5.74, 6) is -0.620. The van der Waals surface area contributed by atoms with E-state index in [4.69, 9.17) is 9.84 Å². The van der Waals surface area contributed by atoms with Gasteiger partial charge in [-0.15, -0.1) is 0 Å². The summed E-state index contributed by atoms with van der Waals surface area (Å²) in [6.45, 7) is 8.89. The Hall–Kier alpha value is -5.70. The van der Waals surface area contributed by atoms with Crippen LogP contribution >= 0.6 is 0 Å². The van der Waals surface area contributed by atoms with Gasteiger partial charge in [0.25, 0.3) is 17.7 Å². The monoisotopic (exact) mass is 832 g/mol. The molecule has 1 unspecified atom stereocenters. The van der Waals surface area contributed by atoms with Gasteiger partial charge in [-0.2, -0.15) is 5.10 Å². The number of anilines is 2. The molecule has 2 aliphatic carbocycles. The highest BCUT2D eigenvalue weighted by Crippen LogP contribution is 2.53. The second-order valence-corrected chi connectivity index (χ2v) is 18.5. The normalized spacial score (nSPS) is 22.8. The van der Waals surface area contributed by atoms with E-state index in [1.54, 1.807) is 37.4 Å². The van der Waals surface area contributed by atoms with E-state index >= 15 is 0 Å². The zero-order chi connectivity index (χ0) is 42.8. The molecule has 0 radical (unpaired) electrons. The third kappa shape index (κ3) is 7.65. The van der Waals surface area contributed by atoms with Crippen LogP contribution in [0.5, 0.6) is 5.75 Å². The van der Waals surface area contributed by atoms with Crippen LogP contribution in [0.25, 0.3) is 10.9 Å². The lowest BCUT2D eigenvalue weighted by Gasteiger charge is -2.60. The number of carbonyl (C=O) groups is 5. The third-order valence-corrected chi connectivity index (χ3v) is 13.6. The number of likely N-dealkylation sites (tertiary alicyclic amines) is 1. The fourth-order valence-corrected chi connectivity index (χ4v) is 10.6. The van der Waals surface area contributed by atoms with Gasteiger partial charge in [0.2, 0.25) is 11.8 Å². The third-order valence-electron chi connectivity index (χ3n) is 13.6. The highest BCUT2D eigenvalue weighted by molar-refractivity contribution is 6.25. The van der Waals surface area contributed by atoms with E-state index in [-0.39, 0.29) is 29.8 Å². The van der Waals surface area contributed by atoms with Gasteiger partial charge in [0.1, 0.15) is 23.2 Å². The number of fused-ring (bicyclic) bond motifs is 2. The average Bonchev–Trinajstić information content (AvgIpc) is 3.74. The first-order valence-corrected chi connectivity index (χ1v) is 21.6. The summed E-state index contributed by atoms with van der Waals surface area (Å²) in [5, 5.41) is 14.5. The summed E-state index contributed by atoms with van der Waals surface area (Å²) >= 11 is 0. The van der Waals surface area contributed by atoms with Crippen LogP contribution in [-0.2, 0) is 15.3 Å².